The van der Waals surface area contributed by atoms with E-state index in [4.69, 9.17) is 5.73 Å². The van der Waals surface area contributed by atoms with Crippen LogP contribution in [0.2, 0.25) is 0 Å². The summed E-state index contributed by atoms with van der Waals surface area (Å²) in [6.45, 7) is 4.08. The number of carbonyl (C=O) groups is 1. The van der Waals surface area contributed by atoms with Crippen molar-refractivity contribution in [2.45, 2.75) is 26.4 Å². The lowest BCUT2D eigenvalue weighted by atomic mass is 10.0. The Bertz CT molecular complexity index is 1330. The summed E-state index contributed by atoms with van der Waals surface area (Å²) in [5.41, 5.74) is 9.24. The number of benzene rings is 1. The maximum atomic E-state index is 12.9. The zero-order valence-corrected chi connectivity index (χ0v) is 18.4. The van der Waals surface area contributed by atoms with Crippen LogP contribution in [-0.4, -0.2) is 25.4 Å². The molecule has 0 aliphatic heterocycles. The molecule has 4 aromatic rings. The normalized spacial score (nSPS) is 10.9. The Morgan fingerprint density at radius 1 is 0.970 bits per heavy atom. The van der Waals surface area contributed by atoms with Crippen LogP contribution >= 0.6 is 0 Å². The standard InChI is InChI=1S/C25H24N6O2/c1-16(2)31-15-18(11-12-20(31)32)22-21(17-8-4-3-5-9-17)30-24(26)23(29-22)25(33)28-14-19-10-6-7-13-27-19/h3-13,15-16H,14H2,1-2H3,(H2,26,30)(H,28,33). The summed E-state index contributed by atoms with van der Waals surface area (Å²) in [4.78, 5) is 38.6. The fraction of sp³-hybridized carbons (Fsp3) is 0.160. The van der Waals surface area contributed by atoms with Crippen molar-refractivity contribution in [1.82, 2.24) is 24.8 Å². The van der Waals surface area contributed by atoms with Crippen LogP contribution < -0.4 is 16.6 Å². The Kier molecular flexibility index (Phi) is 6.26. The molecule has 0 saturated carbocycles. The van der Waals surface area contributed by atoms with Crippen LogP contribution in [0, 0.1) is 0 Å². The Balaban J connectivity index is 1.80. The third kappa shape index (κ3) is 4.79. The maximum absolute atomic E-state index is 12.9. The highest BCUT2D eigenvalue weighted by Gasteiger charge is 2.20. The molecule has 1 aromatic carbocycles. The van der Waals surface area contributed by atoms with Gasteiger partial charge >= 0.3 is 0 Å². The van der Waals surface area contributed by atoms with Crippen molar-refractivity contribution < 1.29 is 4.79 Å². The number of nitrogens with zero attached hydrogens (tertiary/aromatic N) is 4. The van der Waals surface area contributed by atoms with E-state index in [1.807, 2.05) is 56.3 Å². The summed E-state index contributed by atoms with van der Waals surface area (Å²) in [5, 5.41) is 2.79. The second kappa shape index (κ2) is 9.44. The van der Waals surface area contributed by atoms with Crippen molar-refractivity contribution in [3.05, 3.63) is 94.8 Å². The molecule has 4 rings (SSSR count). The largest absolute Gasteiger partial charge is 0.382 e. The van der Waals surface area contributed by atoms with Gasteiger partial charge in [-0.3, -0.25) is 14.6 Å². The summed E-state index contributed by atoms with van der Waals surface area (Å²) < 4.78 is 1.61. The first-order chi connectivity index (χ1) is 15.9. The van der Waals surface area contributed by atoms with Gasteiger partial charge < -0.3 is 15.6 Å². The van der Waals surface area contributed by atoms with Crippen LogP contribution in [0.15, 0.2) is 77.9 Å². The van der Waals surface area contributed by atoms with E-state index in [1.165, 1.54) is 6.07 Å². The molecule has 3 heterocycles. The monoisotopic (exact) mass is 440 g/mol. The van der Waals surface area contributed by atoms with Crippen LogP contribution in [0.4, 0.5) is 5.82 Å². The van der Waals surface area contributed by atoms with Gasteiger partial charge in [0, 0.05) is 35.6 Å². The third-order valence-corrected chi connectivity index (χ3v) is 5.11. The molecule has 0 fully saturated rings. The fourth-order valence-electron chi connectivity index (χ4n) is 3.42. The van der Waals surface area contributed by atoms with Gasteiger partial charge in [0.25, 0.3) is 11.5 Å². The predicted molar refractivity (Wildman–Crippen MR) is 127 cm³/mol. The Morgan fingerprint density at radius 3 is 2.39 bits per heavy atom. The molecule has 0 spiro atoms. The third-order valence-electron chi connectivity index (χ3n) is 5.11. The second-order valence-corrected chi connectivity index (χ2v) is 7.78. The predicted octanol–water partition coefficient (Wildman–Crippen LogP) is 3.46. The van der Waals surface area contributed by atoms with Crippen molar-refractivity contribution >= 4 is 11.7 Å². The van der Waals surface area contributed by atoms with Gasteiger partial charge in [-0.2, -0.15) is 0 Å². The van der Waals surface area contributed by atoms with Gasteiger partial charge in [0.15, 0.2) is 11.5 Å². The lowest BCUT2D eigenvalue weighted by Crippen LogP contribution is -2.26. The molecule has 1 amide bonds. The summed E-state index contributed by atoms with van der Waals surface area (Å²) >= 11 is 0. The molecule has 0 bridgehead atoms. The van der Waals surface area contributed by atoms with Crippen molar-refractivity contribution in [2.75, 3.05) is 5.73 Å². The zero-order chi connectivity index (χ0) is 23.4. The van der Waals surface area contributed by atoms with Crippen LogP contribution in [-0.2, 0) is 6.54 Å². The Hall–Kier alpha value is -4.33. The molecular weight excluding hydrogens is 416 g/mol. The molecule has 33 heavy (non-hydrogen) atoms. The van der Waals surface area contributed by atoms with Crippen molar-refractivity contribution in [2.24, 2.45) is 0 Å². The Morgan fingerprint density at radius 2 is 1.70 bits per heavy atom. The number of nitrogen functional groups attached to an aromatic ring is 1. The van der Waals surface area contributed by atoms with Gasteiger partial charge in [-0.05, 0) is 32.0 Å². The lowest BCUT2D eigenvalue weighted by molar-refractivity contribution is 0.0946. The summed E-state index contributed by atoms with van der Waals surface area (Å²) in [6.07, 6.45) is 3.39. The maximum Gasteiger partial charge on any atom is 0.274 e. The van der Waals surface area contributed by atoms with E-state index < -0.39 is 5.91 Å². The quantitative estimate of drug-likeness (QED) is 0.474. The molecule has 166 valence electrons. The SMILES string of the molecule is CC(C)n1cc(-c2nc(C(=O)NCc3ccccn3)c(N)nc2-c2ccccc2)ccc1=O. The summed E-state index contributed by atoms with van der Waals surface area (Å²) in [6, 6.07) is 18.1. The molecule has 0 unspecified atom stereocenters. The van der Waals surface area contributed by atoms with Crippen LogP contribution in [0.25, 0.3) is 22.5 Å². The number of carbonyl (C=O) groups excluding carboxylic acids is 1. The van der Waals surface area contributed by atoms with Gasteiger partial charge in [0.05, 0.1) is 23.6 Å². The molecule has 8 heteroatoms. The van der Waals surface area contributed by atoms with Gasteiger partial charge in [-0.15, -0.1) is 0 Å². The molecular formula is C25H24N6O2. The van der Waals surface area contributed by atoms with Gasteiger partial charge in [-0.25, -0.2) is 9.97 Å². The highest BCUT2D eigenvalue weighted by molar-refractivity contribution is 5.98. The molecule has 0 aliphatic rings. The van der Waals surface area contributed by atoms with Crippen molar-refractivity contribution in [1.29, 1.82) is 0 Å². The van der Waals surface area contributed by atoms with Gasteiger partial charge in [0.1, 0.15) is 0 Å². The smallest absolute Gasteiger partial charge is 0.274 e. The number of anilines is 1. The molecule has 0 aliphatic carbocycles. The van der Waals surface area contributed by atoms with Crippen molar-refractivity contribution in [3.63, 3.8) is 0 Å². The van der Waals surface area contributed by atoms with Crippen LogP contribution in [0.5, 0.6) is 0 Å². The fourth-order valence-corrected chi connectivity index (χ4v) is 3.42. The number of hydrogen-bond donors (Lipinski definition) is 2. The minimum Gasteiger partial charge on any atom is -0.382 e. The van der Waals surface area contributed by atoms with Crippen molar-refractivity contribution in [3.8, 4) is 22.5 Å². The average Bonchev–Trinajstić information content (AvgIpc) is 2.84. The topological polar surface area (TPSA) is 116 Å². The first-order valence-corrected chi connectivity index (χ1v) is 10.6. The summed E-state index contributed by atoms with van der Waals surface area (Å²) in [5.74, 6) is -0.433. The van der Waals surface area contributed by atoms with E-state index in [0.717, 1.165) is 5.56 Å². The minimum absolute atomic E-state index is 0.0166. The number of hydrogen-bond acceptors (Lipinski definition) is 6. The highest BCUT2D eigenvalue weighted by atomic mass is 16.2. The number of nitrogens with one attached hydrogen (secondary N) is 1. The molecule has 8 nitrogen and oxygen atoms in total. The summed E-state index contributed by atoms with van der Waals surface area (Å²) in [7, 11) is 0. The van der Waals surface area contributed by atoms with E-state index in [2.05, 4.69) is 20.3 Å². The molecule has 0 atom stereocenters. The molecule has 3 N–H and O–H groups in total. The van der Waals surface area contributed by atoms with E-state index >= 15 is 0 Å². The number of pyridine rings is 2. The average molecular weight is 441 g/mol. The number of amides is 1. The van der Waals surface area contributed by atoms with Crippen LogP contribution in [0.3, 0.4) is 0 Å². The van der Waals surface area contributed by atoms with Gasteiger partial charge in [-0.1, -0.05) is 36.4 Å². The first kappa shape index (κ1) is 21.9. The minimum atomic E-state index is -0.455. The number of aromatic nitrogens is 4. The van der Waals surface area contributed by atoms with Gasteiger partial charge in [0.2, 0.25) is 0 Å². The first-order valence-electron chi connectivity index (χ1n) is 10.6. The number of nitrogens with two attached hydrogens (primary N) is 1. The highest BCUT2D eigenvalue weighted by Crippen LogP contribution is 2.30. The molecule has 0 radical (unpaired) electrons. The van der Waals surface area contributed by atoms with E-state index in [1.54, 1.807) is 29.1 Å². The molecule has 3 aromatic heterocycles. The van der Waals surface area contributed by atoms with E-state index in [-0.39, 0.29) is 29.7 Å². The second-order valence-electron chi connectivity index (χ2n) is 7.78. The van der Waals surface area contributed by atoms with E-state index in [0.29, 0.717) is 22.6 Å². The molecule has 0 saturated heterocycles. The van der Waals surface area contributed by atoms with E-state index in [9.17, 15) is 9.59 Å². The zero-order valence-electron chi connectivity index (χ0n) is 18.4. The lowest BCUT2D eigenvalue weighted by Gasteiger charge is -2.15. The Labute approximate surface area is 191 Å². The number of rotatable bonds is 6. The van der Waals surface area contributed by atoms with Crippen LogP contribution in [0.1, 0.15) is 36.1 Å².